The highest BCUT2D eigenvalue weighted by molar-refractivity contribution is 5.26. The van der Waals surface area contributed by atoms with Crippen LogP contribution < -0.4 is 5.32 Å². The van der Waals surface area contributed by atoms with E-state index in [0.717, 1.165) is 25.6 Å². The first-order valence-electron chi connectivity index (χ1n) is 8.20. The highest BCUT2D eigenvalue weighted by Gasteiger charge is 2.44. The van der Waals surface area contributed by atoms with Crippen LogP contribution in [0, 0.1) is 5.92 Å². The summed E-state index contributed by atoms with van der Waals surface area (Å²) in [4.78, 5) is 2.66. The van der Waals surface area contributed by atoms with Gasteiger partial charge in [-0.25, -0.2) is 0 Å². The van der Waals surface area contributed by atoms with E-state index in [0.29, 0.717) is 12.1 Å². The quantitative estimate of drug-likeness (QED) is 0.901. The van der Waals surface area contributed by atoms with Gasteiger partial charge in [-0.1, -0.05) is 30.3 Å². The molecule has 0 radical (unpaired) electrons. The lowest BCUT2D eigenvalue weighted by Crippen LogP contribution is -2.64. The number of hydrogen-bond donors (Lipinski definition) is 1. The van der Waals surface area contributed by atoms with Crippen LogP contribution in [0.5, 0.6) is 0 Å². The lowest BCUT2D eigenvalue weighted by atomic mass is 9.85. The van der Waals surface area contributed by atoms with Gasteiger partial charge in [0.15, 0.2) is 0 Å². The van der Waals surface area contributed by atoms with Gasteiger partial charge >= 0.3 is 0 Å². The van der Waals surface area contributed by atoms with Gasteiger partial charge in [-0.3, -0.25) is 4.90 Å². The number of rotatable bonds is 5. The maximum atomic E-state index is 5.44. The highest BCUT2D eigenvalue weighted by atomic mass is 16.5. The van der Waals surface area contributed by atoms with Gasteiger partial charge in [0.2, 0.25) is 0 Å². The Labute approximate surface area is 128 Å². The van der Waals surface area contributed by atoms with Crippen LogP contribution in [0.4, 0.5) is 0 Å². The molecule has 1 N–H and O–H groups in total. The van der Waals surface area contributed by atoms with E-state index in [1.807, 2.05) is 0 Å². The van der Waals surface area contributed by atoms with Crippen molar-refractivity contribution in [1.29, 1.82) is 0 Å². The molecule has 3 nitrogen and oxygen atoms in total. The van der Waals surface area contributed by atoms with E-state index in [1.165, 1.54) is 18.4 Å². The fourth-order valence-electron chi connectivity index (χ4n) is 3.79. The Morgan fingerprint density at radius 3 is 2.67 bits per heavy atom. The van der Waals surface area contributed by atoms with Gasteiger partial charge in [-0.2, -0.15) is 0 Å². The largest absolute Gasteiger partial charge is 0.383 e. The number of nitrogens with zero attached hydrogens (tertiary/aromatic N) is 1. The second-order valence-electron chi connectivity index (χ2n) is 6.92. The maximum absolute atomic E-state index is 5.44. The highest BCUT2D eigenvalue weighted by Crippen LogP contribution is 2.39. The van der Waals surface area contributed by atoms with Gasteiger partial charge in [0.1, 0.15) is 0 Å². The molecule has 1 aromatic carbocycles. The lowest BCUT2D eigenvalue weighted by molar-refractivity contribution is -0.0155. The van der Waals surface area contributed by atoms with Crippen molar-refractivity contribution < 1.29 is 4.74 Å². The van der Waals surface area contributed by atoms with Gasteiger partial charge in [0, 0.05) is 32.3 Å². The van der Waals surface area contributed by atoms with E-state index in [4.69, 9.17) is 4.74 Å². The second kappa shape index (κ2) is 6.07. The summed E-state index contributed by atoms with van der Waals surface area (Å²) in [5.41, 5.74) is 1.44. The predicted molar refractivity (Wildman–Crippen MR) is 86.4 cm³/mol. The summed E-state index contributed by atoms with van der Waals surface area (Å²) in [5, 5.41) is 3.81. The Morgan fingerprint density at radius 2 is 2.05 bits per heavy atom. The molecule has 1 saturated heterocycles. The molecule has 1 aromatic rings. The van der Waals surface area contributed by atoms with E-state index in [2.05, 4.69) is 54.4 Å². The molecule has 1 heterocycles. The van der Waals surface area contributed by atoms with Crippen LogP contribution in [0.3, 0.4) is 0 Å². The maximum Gasteiger partial charge on any atom is 0.0615 e. The van der Waals surface area contributed by atoms with Gasteiger partial charge < -0.3 is 10.1 Å². The topological polar surface area (TPSA) is 24.5 Å². The SMILES string of the molecule is COCC(C)N1CC(C2CC2)NCC1(C)c1ccccc1. The Morgan fingerprint density at radius 1 is 1.33 bits per heavy atom. The van der Waals surface area contributed by atoms with Gasteiger partial charge in [-0.05, 0) is 38.2 Å². The first-order valence-corrected chi connectivity index (χ1v) is 8.20. The predicted octanol–water partition coefficient (Wildman–Crippen LogP) is 2.62. The van der Waals surface area contributed by atoms with Gasteiger partial charge in [0.25, 0.3) is 0 Å². The third-order valence-electron chi connectivity index (χ3n) is 5.26. The average Bonchev–Trinajstić information content (AvgIpc) is 3.33. The number of piperazine rings is 1. The molecule has 0 amide bonds. The molecule has 0 bridgehead atoms. The van der Waals surface area contributed by atoms with Gasteiger partial charge in [0.05, 0.1) is 12.1 Å². The zero-order valence-electron chi connectivity index (χ0n) is 13.5. The number of benzene rings is 1. The summed E-state index contributed by atoms with van der Waals surface area (Å²) in [6, 6.07) is 12.0. The molecule has 21 heavy (non-hydrogen) atoms. The van der Waals surface area contributed by atoms with Crippen molar-refractivity contribution in [2.24, 2.45) is 5.92 Å². The summed E-state index contributed by atoms with van der Waals surface area (Å²) in [7, 11) is 1.80. The van der Waals surface area contributed by atoms with Crippen LogP contribution in [-0.4, -0.2) is 43.8 Å². The molecule has 0 spiro atoms. The number of hydrogen-bond acceptors (Lipinski definition) is 3. The molecule has 1 aliphatic heterocycles. The fraction of sp³-hybridized carbons (Fsp3) is 0.667. The minimum Gasteiger partial charge on any atom is -0.383 e. The average molecular weight is 288 g/mol. The first-order chi connectivity index (χ1) is 10.1. The molecule has 116 valence electrons. The van der Waals surface area contributed by atoms with Crippen molar-refractivity contribution >= 4 is 0 Å². The molecule has 3 rings (SSSR count). The summed E-state index contributed by atoms with van der Waals surface area (Å²) >= 11 is 0. The van der Waals surface area contributed by atoms with E-state index in [1.54, 1.807) is 7.11 Å². The lowest BCUT2D eigenvalue weighted by Gasteiger charge is -2.51. The van der Waals surface area contributed by atoms with Crippen LogP contribution in [0.25, 0.3) is 0 Å². The summed E-state index contributed by atoms with van der Waals surface area (Å²) in [6.07, 6.45) is 2.79. The van der Waals surface area contributed by atoms with Crippen LogP contribution >= 0.6 is 0 Å². The Bertz CT molecular complexity index is 460. The van der Waals surface area contributed by atoms with E-state index >= 15 is 0 Å². The summed E-state index contributed by atoms with van der Waals surface area (Å²) < 4.78 is 5.44. The van der Waals surface area contributed by atoms with Crippen LogP contribution in [-0.2, 0) is 10.3 Å². The van der Waals surface area contributed by atoms with Crippen LogP contribution in [0.2, 0.25) is 0 Å². The molecular weight excluding hydrogens is 260 g/mol. The molecule has 0 aromatic heterocycles. The molecule has 3 unspecified atom stereocenters. The van der Waals surface area contributed by atoms with Crippen molar-refractivity contribution in [3.05, 3.63) is 35.9 Å². The molecule has 2 fully saturated rings. The monoisotopic (exact) mass is 288 g/mol. The minimum absolute atomic E-state index is 0.0462. The Hall–Kier alpha value is -0.900. The third kappa shape index (κ3) is 3.01. The minimum atomic E-state index is 0.0462. The standard InChI is InChI=1S/C18H28N2O/c1-14(12-21-3)20-11-17(15-9-10-15)19-13-18(20,2)16-7-5-4-6-8-16/h4-8,14-15,17,19H,9-13H2,1-3H3. The molecule has 3 atom stereocenters. The van der Waals surface area contributed by atoms with Crippen molar-refractivity contribution in [1.82, 2.24) is 10.2 Å². The van der Waals surface area contributed by atoms with Gasteiger partial charge in [-0.15, -0.1) is 0 Å². The van der Waals surface area contributed by atoms with E-state index in [9.17, 15) is 0 Å². The smallest absolute Gasteiger partial charge is 0.0615 e. The van der Waals surface area contributed by atoms with Crippen molar-refractivity contribution in [3.8, 4) is 0 Å². The van der Waals surface area contributed by atoms with Crippen molar-refractivity contribution in [3.63, 3.8) is 0 Å². The number of methoxy groups -OCH3 is 1. The Balaban J connectivity index is 1.85. The molecular formula is C18H28N2O. The van der Waals surface area contributed by atoms with E-state index in [-0.39, 0.29) is 5.54 Å². The fourth-order valence-corrected chi connectivity index (χ4v) is 3.79. The van der Waals surface area contributed by atoms with Crippen LogP contribution in [0.1, 0.15) is 32.3 Å². The third-order valence-corrected chi connectivity index (χ3v) is 5.26. The molecule has 1 saturated carbocycles. The summed E-state index contributed by atoms with van der Waals surface area (Å²) in [5.74, 6) is 0.891. The summed E-state index contributed by atoms with van der Waals surface area (Å²) in [6.45, 7) is 7.59. The zero-order chi connectivity index (χ0) is 14.9. The molecule has 1 aliphatic carbocycles. The molecule has 2 aliphatic rings. The van der Waals surface area contributed by atoms with E-state index < -0.39 is 0 Å². The normalized spacial score (nSPS) is 32.0. The second-order valence-corrected chi connectivity index (χ2v) is 6.92. The zero-order valence-corrected chi connectivity index (χ0v) is 13.5. The van der Waals surface area contributed by atoms with Crippen LogP contribution in [0.15, 0.2) is 30.3 Å². The molecule has 3 heteroatoms. The van der Waals surface area contributed by atoms with Crippen molar-refractivity contribution in [2.45, 2.75) is 44.3 Å². The Kier molecular flexibility index (Phi) is 4.34. The number of nitrogens with one attached hydrogen (secondary N) is 1. The first kappa shape index (κ1) is 15.0. The van der Waals surface area contributed by atoms with Crippen molar-refractivity contribution in [2.75, 3.05) is 26.8 Å². The number of ether oxygens (including phenoxy) is 1.